The van der Waals surface area contributed by atoms with Gasteiger partial charge in [-0.05, 0) is 86.3 Å². The number of piperidine rings is 1. The van der Waals surface area contributed by atoms with Gasteiger partial charge in [0.15, 0.2) is 0 Å². The number of amides is 1. The Hall–Kier alpha value is -2.58. The van der Waals surface area contributed by atoms with E-state index in [-0.39, 0.29) is 24.3 Å². The van der Waals surface area contributed by atoms with Crippen LogP contribution in [0.25, 0.3) is 0 Å². The van der Waals surface area contributed by atoms with Gasteiger partial charge in [0.1, 0.15) is 10.8 Å². The molecule has 5 fully saturated rings. The number of hydrogen-bond acceptors (Lipinski definition) is 6. The minimum Gasteiger partial charge on any atom is -0.481 e. The van der Waals surface area contributed by atoms with E-state index in [1.165, 1.54) is 5.56 Å². The molecule has 0 spiro atoms. The van der Waals surface area contributed by atoms with Crippen molar-refractivity contribution in [3.05, 3.63) is 53.6 Å². The Morgan fingerprint density at radius 1 is 1.08 bits per heavy atom. The molecule has 1 saturated heterocycles. The van der Waals surface area contributed by atoms with Gasteiger partial charge in [0.2, 0.25) is 0 Å². The molecule has 4 saturated carbocycles. The summed E-state index contributed by atoms with van der Waals surface area (Å²) in [5, 5.41) is 24.3. The number of carbonyl (C=O) groups excluding carboxylic acids is 1. The highest BCUT2D eigenvalue weighted by atomic mass is 32.2. The first-order valence-corrected chi connectivity index (χ1v) is 15.0. The van der Waals surface area contributed by atoms with Gasteiger partial charge in [-0.3, -0.25) is 9.59 Å². The Labute approximate surface area is 228 Å². The molecule has 4 aliphatic carbocycles. The van der Waals surface area contributed by atoms with Crippen LogP contribution in [0.15, 0.2) is 47.5 Å². The van der Waals surface area contributed by atoms with Crippen LogP contribution >= 0.6 is 11.8 Å². The third-order valence-corrected chi connectivity index (χ3v) is 10.2. The van der Waals surface area contributed by atoms with Gasteiger partial charge in [0.05, 0.1) is 11.2 Å². The van der Waals surface area contributed by atoms with E-state index in [1.54, 1.807) is 11.8 Å². The van der Waals surface area contributed by atoms with Crippen LogP contribution in [0.3, 0.4) is 0 Å². The molecular formula is C30H37N3O4S. The summed E-state index contributed by atoms with van der Waals surface area (Å²) in [5.74, 6) is 2.09. The second kappa shape index (κ2) is 10.5. The maximum absolute atomic E-state index is 13.7. The fraction of sp³-hybridized carbons (Fsp3) is 0.567. The van der Waals surface area contributed by atoms with Gasteiger partial charge in [-0.25, -0.2) is 4.98 Å². The number of hydrogen-bond donors (Lipinski definition) is 3. The predicted molar refractivity (Wildman–Crippen MR) is 147 cm³/mol. The van der Waals surface area contributed by atoms with Crippen LogP contribution in [0.1, 0.15) is 67.3 Å². The molecule has 8 heteroatoms. The highest BCUT2D eigenvalue weighted by Gasteiger charge is 2.55. The largest absolute Gasteiger partial charge is 0.481 e. The number of anilines is 1. The van der Waals surface area contributed by atoms with E-state index >= 15 is 0 Å². The number of rotatable bonds is 8. The van der Waals surface area contributed by atoms with Crippen LogP contribution in [0.2, 0.25) is 0 Å². The first kappa shape index (κ1) is 25.7. The third-order valence-electron chi connectivity index (χ3n) is 9.15. The van der Waals surface area contributed by atoms with E-state index in [1.807, 2.05) is 30.3 Å². The number of nitrogens with zero attached hydrogens (tertiary/aromatic N) is 2. The van der Waals surface area contributed by atoms with Crippen LogP contribution in [-0.2, 0) is 10.5 Å². The summed E-state index contributed by atoms with van der Waals surface area (Å²) in [4.78, 5) is 32.1. The zero-order valence-corrected chi connectivity index (χ0v) is 22.5. The van der Waals surface area contributed by atoms with Crippen LogP contribution in [-0.4, -0.2) is 51.8 Å². The minimum absolute atomic E-state index is 0.0773. The van der Waals surface area contributed by atoms with Gasteiger partial charge in [-0.2, -0.15) is 0 Å². The Morgan fingerprint density at radius 3 is 2.55 bits per heavy atom. The molecule has 3 N–H and O–H groups in total. The van der Waals surface area contributed by atoms with Crippen molar-refractivity contribution in [2.75, 3.05) is 18.0 Å². The van der Waals surface area contributed by atoms with Crippen molar-refractivity contribution < 1.29 is 19.8 Å². The normalized spacial score (nSPS) is 31.8. The summed E-state index contributed by atoms with van der Waals surface area (Å²) < 4.78 is 0. The van der Waals surface area contributed by atoms with Crippen molar-refractivity contribution in [2.45, 2.75) is 73.8 Å². The molecule has 3 atom stereocenters. The van der Waals surface area contributed by atoms with Crippen LogP contribution in [0, 0.1) is 23.7 Å². The molecule has 7 rings (SSSR count). The second-order valence-electron chi connectivity index (χ2n) is 12.0. The molecule has 2 aromatic rings. The number of carboxylic acids is 1. The molecule has 1 aromatic carbocycles. The van der Waals surface area contributed by atoms with E-state index in [2.05, 4.69) is 22.3 Å². The lowest BCUT2D eigenvalue weighted by Gasteiger charge is -2.58. The summed E-state index contributed by atoms with van der Waals surface area (Å²) in [5.41, 5.74) is 1.25. The molecule has 1 aromatic heterocycles. The summed E-state index contributed by atoms with van der Waals surface area (Å²) in [6.07, 6.45) is 6.74. The lowest BCUT2D eigenvalue weighted by molar-refractivity contribution is -0.138. The summed E-state index contributed by atoms with van der Waals surface area (Å²) >= 11 is 1.58. The Kier molecular flexibility index (Phi) is 7.12. The number of thioether (sulfide) groups is 1. The Balaban J connectivity index is 1.22. The molecule has 38 heavy (non-hydrogen) atoms. The van der Waals surface area contributed by atoms with E-state index in [0.717, 1.165) is 57.3 Å². The lowest BCUT2D eigenvalue weighted by Crippen LogP contribution is -2.61. The number of carboxylic acid groups (broad SMARTS) is 1. The quantitative estimate of drug-likeness (QED) is 0.420. The second-order valence-corrected chi connectivity index (χ2v) is 13.0. The van der Waals surface area contributed by atoms with Crippen LogP contribution in [0.5, 0.6) is 0 Å². The Morgan fingerprint density at radius 2 is 1.84 bits per heavy atom. The lowest BCUT2D eigenvalue weighted by atomic mass is 9.52. The van der Waals surface area contributed by atoms with Gasteiger partial charge >= 0.3 is 5.97 Å². The summed E-state index contributed by atoms with van der Waals surface area (Å²) in [7, 11) is 0. The maximum atomic E-state index is 13.7. The molecule has 7 nitrogen and oxygen atoms in total. The summed E-state index contributed by atoms with van der Waals surface area (Å²) in [6, 6.07) is 14.1. The van der Waals surface area contributed by atoms with Gasteiger partial charge < -0.3 is 20.4 Å². The molecule has 202 valence electrons. The van der Waals surface area contributed by atoms with Crippen molar-refractivity contribution in [3.8, 4) is 0 Å². The topological polar surface area (TPSA) is 103 Å². The first-order chi connectivity index (χ1) is 18.3. The van der Waals surface area contributed by atoms with Crippen molar-refractivity contribution >= 4 is 29.5 Å². The monoisotopic (exact) mass is 535 g/mol. The number of nitrogens with one attached hydrogen (secondary N) is 1. The van der Waals surface area contributed by atoms with E-state index in [4.69, 9.17) is 4.98 Å². The van der Waals surface area contributed by atoms with Crippen molar-refractivity contribution in [1.29, 1.82) is 0 Å². The minimum atomic E-state index is -0.757. The molecule has 2 heterocycles. The maximum Gasteiger partial charge on any atom is 0.303 e. The number of pyridine rings is 1. The average molecular weight is 536 g/mol. The number of aromatic nitrogens is 1. The molecule has 1 aliphatic heterocycles. The average Bonchev–Trinajstić information content (AvgIpc) is 2.89. The highest BCUT2D eigenvalue weighted by molar-refractivity contribution is 7.98. The van der Waals surface area contributed by atoms with Crippen LogP contribution < -0.4 is 10.2 Å². The summed E-state index contributed by atoms with van der Waals surface area (Å²) in [6.45, 7) is 1.51. The van der Waals surface area contributed by atoms with E-state index in [9.17, 15) is 19.8 Å². The van der Waals surface area contributed by atoms with Gasteiger partial charge in [-0.1, -0.05) is 30.3 Å². The molecule has 1 amide bonds. The molecule has 3 unspecified atom stereocenters. The first-order valence-electron chi connectivity index (χ1n) is 14.0. The fourth-order valence-corrected chi connectivity index (χ4v) is 8.72. The van der Waals surface area contributed by atoms with Crippen molar-refractivity contribution in [3.63, 3.8) is 0 Å². The third kappa shape index (κ3) is 5.43. The fourth-order valence-electron chi connectivity index (χ4n) is 7.75. The highest BCUT2D eigenvalue weighted by Crippen LogP contribution is 2.55. The van der Waals surface area contributed by atoms with Crippen molar-refractivity contribution in [1.82, 2.24) is 10.3 Å². The van der Waals surface area contributed by atoms with Crippen molar-refractivity contribution in [2.24, 2.45) is 23.7 Å². The van der Waals surface area contributed by atoms with Crippen LogP contribution in [0.4, 0.5) is 5.82 Å². The van der Waals surface area contributed by atoms with Gasteiger partial charge in [-0.15, -0.1) is 11.8 Å². The number of aliphatic carboxylic acids is 1. The zero-order chi connectivity index (χ0) is 26.3. The SMILES string of the molecule is O=C(O)CC1CCCN(c2ccc(C(=O)N[C@H]3C4CC5CC3C[C@@](O)(C5)C4)c(SCc3ccccc3)n2)C1. The predicted octanol–water partition coefficient (Wildman–Crippen LogP) is 4.73. The van der Waals surface area contributed by atoms with Gasteiger partial charge in [0, 0.05) is 31.3 Å². The molecule has 4 bridgehead atoms. The molecular weight excluding hydrogens is 498 g/mol. The molecule has 0 radical (unpaired) electrons. The number of carbonyl (C=O) groups is 2. The zero-order valence-electron chi connectivity index (χ0n) is 21.7. The van der Waals surface area contributed by atoms with Gasteiger partial charge in [0.25, 0.3) is 5.91 Å². The van der Waals surface area contributed by atoms with E-state index < -0.39 is 11.6 Å². The van der Waals surface area contributed by atoms with E-state index in [0.29, 0.717) is 40.6 Å². The smallest absolute Gasteiger partial charge is 0.303 e. The Bertz CT molecular complexity index is 1180. The number of aliphatic hydroxyl groups is 1. The standard InChI is InChI=1S/C30H37N3O4S/c34-26(35)13-20-7-4-10-33(17-20)25-9-8-24(29(31-25)38-18-19-5-2-1-3-6-19)28(36)32-27-22-11-21-12-23(27)16-30(37,14-21)15-22/h1-3,5-6,8-9,20-23,27,37H,4,7,10-18H2,(H,32,36)(H,34,35)/t20?,21?,22?,23?,27-,30+. The number of benzene rings is 1. The molecule has 5 aliphatic rings.